The smallest absolute Gasteiger partial charge is 0.197 e. The highest BCUT2D eigenvalue weighted by Gasteiger charge is 2.24. The number of rotatable bonds is 2. The third kappa shape index (κ3) is 1.25. The van der Waals surface area contributed by atoms with Crippen LogP contribution < -0.4 is 0 Å². The highest BCUT2D eigenvalue weighted by molar-refractivity contribution is 5.03. The fourth-order valence-electron chi connectivity index (χ4n) is 1.34. The molecule has 1 heterocycles. The van der Waals surface area contributed by atoms with E-state index in [-0.39, 0.29) is 0 Å². The molecule has 0 aliphatic heterocycles. The number of aliphatic hydroxyl groups is 1. The zero-order chi connectivity index (χ0) is 8.55. The average Bonchev–Trinajstić information content (AvgIpc) is 2.32. The van der Waals surface area contributed by atoms with Gasteiger partial charge in [-0.15, -0.1) is 0 Å². The van der Waals surface area contributed by atoms with Gasteiger partial charge in [-0.25, -0.2) is 4.98 Å². The number of hydrogen-bond donors (Lipinski definition) is 1. The Morgan fingerprint density at radius 2 is 2.42 bits per heavy atom. The van der Waals surface area contributed by atoms with Gasteiger partial charge in [-0.2, -0.15) is 0 Å². The molecule has 0 aromatic carbocycles. The SMILES string of the molecule is CC(O)c1cnc(C2CCC2)o1. The van der Waals surface area contributed by atoms with Crippen LogP contribution in [0.15, 0.2) is 10.6 Å². The first-order chi connectivity index (χ1) is 5.77. The summed E-state index contributed by atoms with van der Waals surface area (Å²) in [6.07, 6.45) is 4.72. The van der Waals surface area contributed by atoms with Crippen LogP contribution in [-0.2, 0) is 0 Å². The standard InChI is InChI=1S/C9H13NO2/c1-6(11)8-5-10-9(12-8)7-3-2-4-7/h5-7,11H,2-4H2,1H3. The summed E-state index contributed by atoms with van der Waals surface area (Å²) in [5, 5.41) is 9.18. The van der Waals surface area contributed by atoms with Crippen molar-refractivity contribution in [2.75, 3.05) is 0 Å². The van der Waals surface area contributed by atoms with Crippen molar-refractivity contribution in [1.29, 1.82) is 0 Å². The van der Waals surface area contributed by atoms with Crippen molar-refractivity contribution in [3.63, 3.8) is 0 Å². The van der Waals surface area contributed by atoms with Crippen LogP contribution in [0.5, 0.6) is 0 Å². The van der Waals surface area contributed by atoms with E-state index in [2.05, 4.69) is 4.98 Å². The Bertz CT molecular complexity index is 263. The zero-order valence-electron chi connectivity index (χ0n) is 7.16. The first kappa shape index (κ1) is 7.80. The van der Waals surface area contributed by atoms with Gasteiger partial charge >= 0.3 is 0 Å². The van der Waals surface area contributed by atoms with Crippen molar-refractivity contribution in [2.45, 2.75) is 38.2 Å². The van der Waals surface area contributed by atoms with Gasteiger partial charge in [-0.1, -0.05) is 6.42 Å². The van der Waals surface area contributed by atoms with Gasteiger partial charge in [0.25, 0.3) is 0 Å². The molecule has 66 valence electrons. The number of nitrogens with zero attached hydrogens (tertiary/aromatic N) is 1. The van der Waals surface area contributed by atoms with Gasteiger partial charge in [0.2, 0.25) is 0 Å². The highest BCUT2D eigenvalue weighted by Crippen LogP contribution is 2.36. The average molecular weight is 167 g/mol. The van der Waals surface area contributed by atoms with Gasteiger partial charge in [0, 0.05) is 5.92 Å². The van der Waals surface area contributed by atoms with Crippen molar-refractivity contribution in [2.24, 2.45) is 0 Å². The van der Waals surface area contributed by atoms with Crippen LogP contribution in [0.4, 0.5) is 0 Å². The summed E-state index contributed by atoms with van der Waals surface area (Å²) in [5.41, 5.74) is 0. The second-order valence-corrected chi connectivity index (χ2v) is 3.40. The lowest BCUT2D eigenvalue weighted by Gasteiger charge is -2.21. The molecule has 1 aromatic heterocycles. The summed E-state index contributed by atoms with van der Waals surface area (Å²) < 4.78 is 5.39. The van der Waals surface area contributed by atoms with E-state index in [1.165, 1.54) is 19.3 Å². The molecule has 1 atom stereocenters. The van der Waals surface area contributed by atoms with Gasteiger partial charge in [0.1, 0.15) is 6.10 Å². The van der Waals surface area contributed by atoms with Gasteiger partial charge in [-0.05, 0) is 19.8 Å². The molecule has 2 rings (SSSR count). The van der Waals surface area contributed by atoms with Crippen LogP contribution in [0.2, 0.25) is 0 Å². The largest absolute Gasteiger partial charge is 0.443 e. The predicted molar refractivity (Wildman–Crippen MR) is 43.7 cm³/mol. The van der Waals surface area contributed by atoms with Crippen LogP contribution >= 0.6 is 0 Å². The number of aromatic nitrogens is 1. The van der Waals surface area contributed by atoms with Crippen LogP contribution in [-0.4, -0.2) is 10.1 Å². The summed E-state index contributed by atoms with van der Waals surface area (Å²) in [6, 6.07) is 0. The lowest BCUT2D eigenvalue weighted by molar-refractivity contribution is 0.163. The second-order valence-electron chi connectivity index (χ2n) is 3.40. The summed E-state index contributed by atoms with van der Waals surface area (Å²) in [5.74, 6) is 1.89. The Balaban J connectivity index is 2.12. The van der Waals surface area contributed by atoms with Crippen molar-refractivity contribution in [3.05, 3.63) is 17.8 Å². The molecule has 1 fully saturated rings. The van der Waals surface area contributed by atoms with Crippen LogP contribution in [0.1, 0.15) is 49.9 Å². The molecule has 3 nitrogen and oxygen atoms in total. The van der Waals surface area contributed by atoms with E-state index in [4.69, 9.17) is 4.42 Å². The molecule has 1 saturated carbocycles. The maximum absolute atomic E-state index is 9.18. The Kier molecular flexibility index (Phi) is 1.89. The van der Waals surface area contributed by atoms with E-state index < -0.39 is 6.10 Å². The normalized spacial score (nSPS) is 20.5. The monoisotopic (exact) mass is 167 g/mol. The van der Waals surface area contributed by atoms with Crippen LogP contribution in [0, 0.1) is 0 Å². The second kappa shape index (κ2) is 2.90. The lowest BCUT2D eigenvalue weighted by atomic mass is 9.85. The third-order valence-corrected chi connectivity index (χ3v) is 2.41. The molecule has 12 heavy (non-hydrogen) atoms. The number of hydrogen-bond acceptors (Lipinski definition) is 3. The Labute approximate surface area is 71.4 Å². The Morgan fingerprint density at radius 3 is 2.83 bits per heavy atom. The van der Waals surface area contributed by atoms with E-state index in [1.54, 1.807) is 13.1 Å². The maximum atomic E-state index is 9.18. The molecule has 0 spiro atoms. The topological polar surface area (TPSA) is 46.3 Å². The summed E-state index contributed by atoms with van der Waals surface area (Å²) in [4.78, 5) is 4.13. The minimum atomic E-state index is -0.536. The molecule has 1 N–H and O–H groups in total. The molecule has 1 aliphatic rings. The predicted octanol–water partition coefficient (Wildman–Crippen LogP) is 2.00. The van der Waals surface area contributed by atoms with Gasteiger partial charge in [0.05, 0.1) is 6.20 Å². The molecular weight excluding hydrogens is 154 g/mol. The first-order valence-electron chi connectivity index (χ1n) is 4.41. The van der Waals surface area contributed by atoms with E-state index in [0.29, 0.717) is 11.7 Å². The van der Waals surface area contributed by atoms with Crippen molar-refractivity contribution < 1.29 is 9.52 Å². The fraction of sp³-hybridized carbons (Fsp3) is 0.667. The van der Waals surface area contributed by atoms with Crippen molar-refractivity contribution in [3.8, 4) is 0 Å². The number of oxazole rings is 1. The molecule has 0 bridgehead atoms. The minimum Gasteiger partial charge on any atom is -0.443 e. The molecule has 3 heteroatoms. The summed E-state index contributed by atoms with van der Waals surface area (Å²) in [6.45, 7) is 1.69. The van der Waals surface area contributed by atoms with E-state index in [0.717, 1.165) is 5.89 Å². The Hall–Kier alpha value is -0.830. The molecule has 0 radical (unpaired) electrons. The molecule has 0 amide bonds. The molecule has 1 unspecified atom stereocenters. The van der Waals surface area contributed by atoms with Gasteiger partial charge in [0.15, 0.2) is 11.7 Å². The van der Waals surface area contributed by atoms with Gasteiger partial charge in [-0.3, -0.25) is 0 Å². The van der Waals surface area contributed by atoms with Crippen molar-refractivity contribution in [1.82, 2.24) is 4.98 Å². The van der Waals surface area contributed by atoms with E-state index in [9.17, 15) is 5.11 Å². The zero-order valence-corrected chi connectivity index (χ0v) is 7.16. The molecule has 0 saturated heterocycles. The van der Waals surface area contributed by atoms with Gasteiger partial charge < -0.3 is 9.52 Å². The first-order valence-corrected chi connectivity index (χ1v) is 4.41. The molecule has 1 aromatic rings. The number of aliphatic hydroxyl groups excluding tert-OH is 1. The van der Waals surface area contributed by atoms with Crippen LogP contribution in [0.3, 0.4) is 0 Å². The molecule has 1 aliphatic carbocycles. The lowest BCUT2D eigenvalue weighted by Crippen LogP contribution is -2.08. The minimum absolute atomic E-state index is 0.512. The van der Waals surface area contributed by atoms with Crippen molar-refractivity contribution >= 4 is 0 Å². The third-order valence-electron chi connectivity index (χ3n) is 2.41. The van der Waals surface area contributed by atoms with E-state index in [1.807, 2.05) is 0 Å². The maximum Gasteiger partial charge on any atom is 0.197 e. The quantitative estimate of drug-likeness (QED) is 0.732. The molecular formula is C9H13NO2. The Morgan fingerprint density at radius 1 is 1.67 bits per heavy atom. The fourth-order valence-corrected chi connectivity index (χ4v) is 1.34. The van der Waals surface area contributed by atoms with E-state index >= 15 is 0 Å². The van der Waals surface area contributed by atoms with Crippen LogP contribution in [0.25, 0.3) is 0 Å². The highest BCUT2D eigenvalue weighted by atomic mass is 16.4. The summed E-state index contributed by atoms with van der Waals surface area (Å²) in [7, 11) is 0. The summed E-state index contributed by atoms with van der Waals surface area (Å²) >= 11 is 0.